The van der Waals surface area contributed by atoms with E-state index in [0.29, 0.717) is 12.3 Å². The van der Waals surface area contributed by atoms with Crippen molar-refractivity contribution in [3.63, 3.8) is 0 Å². The fourth-order valence-corrected chi connectivity index (χ4v) is 2.12. The molecule has 1 aliphatic carbocycles. The molecule has 2 atom stereocenters. The summed E-state index contributed by atoms with van der Waals surface area (Å²) in [5.41, 5.74) is 0.497. The number of nitrogens with zero attached hydrogens (tertiary/aromatic N) is 1. The number of esters is 1. The summed E-state index contributed by atoms with van der Waals surface area (Å²) in [6.07, 6.45) is 4.47. The fourth-order valence-electron chi connectivity index (χ4n) is 2.12. The van der Waals surface area contributed by atoms with Crippen LogP contribution in [0.5, 0.6) is 0 Å². The second kappa shape index (κ2) is 3.98. The number of carbonyl (C=O) groups is 1. The van der Waals surface area contributed by atoms with Crippen LogP contribution >= 0.6 is 0 Å². The minimum absolute atomic E-state index is 0.128. The number of rotatable bonds is 2. The smallest absolute Gasteiger partial charge is 0.356 e. The molecule has 0 amide bonds. The van der Waals surface area contributed by atoms with E-state index < -0.39 is 0 Å². The Kier molecular flexibility index (Phi) is 2.70. The van der Waals surface area contributed by atoms with E-state index in [0.717, 1.165) is 19.3 Å². The van der Waals surface area contributed by atoms with Gasteiger partial charge in [0, 0.05) is 0 Å². The van der Waals surface area contributed by atoms with E-state index >= 15 is 0 Å². The lowest BCUT2D eigenvalue weighted by molar-refractivity contribution is -0.135. The minimum Gasteiger partial charge on any atom is -0.461 e. The van der Waals surface area contributed by atoms with Gasteiger partial charge in [0.2, 0.25) is 0 Å². The molecule has 1 aliphatic heterocycles. The van der Waals surface area contributed by atoms with Gasteiger partial charge in [0.15, 0.2) is 5.71 Å². The monoisotopic (exact) mass is 197 g/mol. The molecule has 1 fully saturated rings. The van der Waals surface area contributed by atoms with Crippen molar-refractivity contribution in [1.82, 2.24) is 0 Å². The van der Waals surface area contributed by atoms with Gasteiger partial charge in [0.1, 0.15) is 6.10 Å². The first-order chi connectivity index (χ1) is 6.83. The first kappa shape index (κ1) is 9.49. The average Bonchev–Trinajstić information content (AvgIpc) is 2.61. The summed E-state index contributed by atoms with van der Waals surface area (Å²) in [5.74, 6) is -0.121. The van der Waals surface area contributed by atoms with Gasteiger partial charge in [0.05, 0.1) is 12.5 Å². The van der Waals surface area contributed by atoms with Crippen molar-refractivity contribution >= 4 is 11.7 Å². The molecule has 4 heteroatoms. The van der Waals surface area contributed by atoms with E-state index in [-0.39, 0.29) is 18.0 Å². The van der Waals surface area contributed by atoms with Crippen LogP contribution in [0.2, 0.25) is 0 Å². The molecule has 1 heterocycles. The van der Waals surface area contributed by atoms with Crippen LogP contribution in [0, 0.1) is 5.92 Å². The molecular formula is C10H15NO3. The van der Waals surface area contributed by atoms with Crippen LogP contribution in [0.1, 0.15) is 32.6 Å². The topological polar surface area (TPSA) is 47.9 Å². The second-order valence-corrected chi connectivity index (χ2v) is 3.73. The van der Waals surface area contributed by atoms with E-state index in [1.54, 1.807) is 6.92 Å². The highest BCUT2D eigenvalue weighted by Crippen LogP contribution is 2.32. The average molecular weight is 197 g/mol. The predicted molar refractivity (Wildman–Crippen MR) is 50.9 cm³/mol. The van der Waals surface area contributed by atoms with Gasteiger partial charge in [-0.3, -0.25) is 0 Å². The molecule has 1 saturated carbocycles. The molecule has 14 heavy (non-hydrogen) atoms. The fraction of sp³-hybridized carbons (Fsp3) is 0.800. The van der Waals surface area contributed by atoms with Crippen LogP contribution in [0.3, 0.4) is 0 Å². The van der Waals surface area contributed by atoms with E-state index in [9.17, 15) is 4.79 Å². The first-order valence-electron chi connectivity index (χ1n) is 5.23. The van der Waals surface area contributed by atoms with E-state index in [1.165, 1.54) is 6.42 Å². The molecule has 0 spiro atoms. The highest BCUT2D eigenvalue weighted by molar-refractivity contribution is 6.37. The minimum atomic E-state index is -0.304. The van der Waals surface area contributed by atoms with E-state index in [4.69, 9.17) is 9.57 Å². The van der Waals surface area contributed by atoms with Gasteiger partial charge in [-0.1, -0.05) is 11.6 Å². The van der Waals surface area contributed by atoms with Crippen LogP contribution in [-0.2, 0) is 14.4 Å². The number of carbonyl (C=O) groups excluding carboxylic acids is 1. The van der Waals surface area contributed by atoms with Crippen molar-refractivity contribution in [3.05, 3.63) is 0 Å². The molecule has 0 aromatic carbocycles. The van der Waals surface area contributed by atoms with E-state index in [1.807, 2.05) is 0 Å². The molecule has 0 radical (unpaired) electrons. The number of ether oxygens (including phenoxy) is 1. The van der Waals surface area contributed by atoms with Crippen LogP contribution < -0.4 is 0 Å². The lowest BCUT2D eigenvalue weighted by Crippen LogP contribution is -2.32. The quantitative estimate of drug-likeness (QED) is 0.630. The van der Waals surface area contributed by atoms with Gasteiger partial charge < -0.3 is 9.57 Å². The summed E-state index contributed by atoms with van der Waals surface area (Å²) in [6, 6.07) is 0. The summed E-state index contributed by atoms with van der Waals surface area (Å²) in [7, 11) is 0. The van der Waals surface area contributed by atoms with Gasteiger partial charge in [0.25, 0.3) is 0 Å². The van der Waals surface area contributed by atoms with E-state index in [2.05, 4.69) is 5.16 Å². The number of fused-ring (bicyclic) bond motifs is 1. The van der Waals surface area contributed by atoms with Crippen molar-refractivity contribution in [2.75, 3.05) is 6.61 Å². The third-order valence-electron chi connectivity index (χ3n) is 2.82. The predicted octanol–water partition coefficient (Wildman–Crippen LogP) is 1.49. The summed E-state index contributed by atoms with van der Waals surface area (Å²) in [4.78, 5) is 16.7. The summed E-state index contributed by atoms with van der Waals surface area (Å²) in [6.45, 7) is 2.20. The molecule has 2 unspecified atom stereocenters. The van der Waals surface area contributed by atoms with Crippen molar-refractivity contribution in [2.45, 2.75) is 38.7 Å². The standard InChI is InChI=1S/C10H15NO3/c1-2-13-10(12)9-7-5-3-4-6-8(7)14-11-9/h7-8H,2-6H2,1H3. The van der Waals surface area contributed by atoms with Crippen LogP contribution in [0.15, 0.2) is 5.16 Å². The zero-order valence-corrected chi connectivity index (χ0v) is 8.36. The van der Waals surface area contributed by atoms with Crippen LogP contribution in [-0.4, -0.2) is 24.4 Å². The number of oxime groups is 1. The molecule has 0 aromatic heterocycles. The normalized spacial score (nSPS) is 30.2. The summed E-state index contributed by atoms with van der Waals surface area (Å²) in [5, 5.41) is 3.84. The third kappa shape index (κ3) is 1.61. The largest absolute Gasteiger partial charge is 0.461 e. The van der Waals surface area contributed by atoms with Crippen molar-refractivity contribution in [2.24, 2.45) is 11.1 Å². The van der Waals surface area contributed by atoms with Crippen molar-refractivity contribution in [3.8, 4) is 0 Å². The zero-order chi connectivity index (χ0) is 9.97. The molecule has 0 bridgehead atoms. The molecule has 2 aliphatic rings. The molecule has 0 N–H and O–H groups in total. The second-order valence-electron chi connectivity index (χ2n) is 3.73. The number of hydrogen-bond acceptors (Lipinski definition) is 4. The summed E-state index contributed by atoms with van der Waals surface area (Å²) >= 11 is 0. The Morgan fingerprint density at radius 1 is 1.57 bits per heavy atom. The highest BCUT2D eigenvalue weighted by Gasteiger charge is 2.39. The maximum Gasteiger partial charge on any atom is 0.356 e. The molecule has 2 rings (SSSR count). The molecule has 0 saturated heterocycles. The van der Waals surface area contributed by atoms with Crippen molar-refractivity contribution < 1.29 is 14.4 Å². The van der Waals surface area contributed by atoms with Crippen molar-refractivity contribution in [1.29, 1.82) is 0 Å². The Labute approximate surface area is 83.3 Å². The van der Waals surface area contributed by atoms with Crippen LogP contribution in [0.4, 0.5) is 0 Å². The lowest BCUT2D eigenvalue weighted by Gasteiger charge is -2.22. The maximum atomic E-state index is 11.5. The Balaban J connectivity index is 2.02. The highest BCUT2D eigenvalue weighted by atomic mass is 16.6. The Bertz CT molecular complexity index is 262. The van der Waals surface area contributed by atoms with Gasteiger partial charge in [-0.15, -0.1) is 0 Å². The van der Waals surface area contributed by atoms with Gasteiger partial charge in [-0.05, 0) is 26.2 Å². The first-order valence-corrected chi connectivity index (χ1v) is 5.23. The Hall–Kier alpha value is -1.06. The lowest BCUT2D eigenvalue weighted by atomic mass is 9.84. The molecule has 78 valence electrons. The maximum absolute atomic E-state index is 11.5. The Morgan fingerprint density at radius 3 is 3.14 bits per heavy atom. The third-order valence-corrected chi connectivity index (χ3v) is 2.82. The molecular weight excluding hydrogens is 182 g/mol. The zero-order valence-electron chi connectivity index (χ0n) is 8.36. The molecule has 4 nitrogen and oxygen atoms in total. The van der Waals surface area contributed by atoms with Gasteiger partial charge >= 0.3 is 5.97 Å². The van der Waals surface area contributed by atoms with Crippen LogP contribution in [0.25, 0.3) is 0 Å². The Morgan fingerprint density at radius 2 is 2.36 bits per heavy atom. The summed E-state index contributed by atoms with van der Waals surface area (Å²) < 4.78 is 4.93. The van der Waals surface area contributed by atoms with Gasteiger partial charge in [-0.2, -0.15) is 0 Å². The van der Waals surface area contributed by atoms with Gasteiger partial charge in [-0.25, -0.2) is 4.79 Å². The molecule has 0 aromatic rings. The SMILES string of the molecule is CCOC(=O)C1=NOC2CCCCC12. The number of hydrogen-bond donors (Lipinski definition) is 0.